The van der Waals surface area contributed by atoms with Crippen molar-refractivity contribution in [1.82, 2.24) is 4.98 Å². The molecule has 1 heterocycles. The summed E-state index contributed by atoms with van der Waals surface area (Å²) in [6, 6.07) is 8.15. The van der Waals surface area contributed by atoms with E-state index in [0.29, 0.717) is 5.92 Å². The number of pyridine rings is 1. The summed E-state index contributed by atoms with van der Waals surface area (Å²) in [6.45, 7) is 4.35. The molecular weight excluding hydrogens is 234 g/mol. The topological polar surface area (TPSA) is 33.1 Å². The van der Waals surface area contributed by atoms with E-state index in [1.807, 2.05) is 30.6 Å². The van der Waals surface area contributed by atoms with Crippen LogP contribution >= 0.6 is 0 Å². The maximum atomic E-state index is 10.7. The molecule has 2 heteroatoms. The first kappa shape index (κ1) is 14.0. The Hall–Kier alpha value is -1.41. The van der Waals surface area contributed by atoms with Gasteiger partial charge in [-0.15, -0.1) is 0 Å². The van der Waals surface area contributed by atoms with Crippen molar-refractivity contribution in [3.8, 4) is 0 Å². The second-order valence-corrected chi connectivity index (χ2v) is 5.21. The Labute approximate surface area is 115 Å². The van der Waals surface area contributed by atoms with Crippen molar-refractivity contribution in [2.45, 2.75) is 45.6 Å². The molecule has 2 unspecified atom stereocenters. The fourth-order valence-electron chi connectivity index (χ4n) is 2.68. The zero-order chi connectivity index (χ0) is 13.7. The van der Waals surface area contributed by atoms with Crippen LogP contribution in [0.1, 0.15) is 51.2 Å². The number of benzene rings is 1. The molecule has 2 aromatic rings. The van der Waals surface area contributed by atoms with E-state index in [1.165, 1.54) is 12.8 Å². The van der Waals surface area contributed by atoms with E-state index in [-0.39, 0.29) is 0 Å². The first-order valence-electron chi connectivity index (χ1n) is 7.28. The van der Waals surface area contributed by atoms with Gasteiger partial charge in [-0.2, -0.15) is 0 Å². The minimum atomic E-state index is -0.407. The molecule has 1 aromatic carbocycles. The van der Waals surface area contributed by atoms with E-state index in [1.54, 1.807) is 0 Å². The maximum Gasteiger partial charge on any atom is 0.0839 e. The molecule has 0 aliphatic heterocycles. The minimum Gasteiger partial charge on any atom is -0.388 e. The third-order valence-corrected chi connectivity index (χ3v) is 3.92. The van der Waals surface area contributed by atoms with Crippen LogP contribution in [0.4, 0.5) is 0 Å². The van der Waals surface area contributed by atoms with E-state index in [0.717, 1.165) is 29.2 Å². The number of nitrogens with zero attached hydrogens (tertiary/aromatic N) is 1. The molecule has 0 aliphatic carbocycles. The molecule has 0 spiro atoms. The molecule has 2 nitrogen and oxygen atoms in total. The van der Waals surface area contributed by atoms with Gasteiger partial charge in [-0.05, 0) is 17.7 Å². The molecule has 0 radical (unpaired) electrons. The molecular formula is C17H23NO. The first-order chi connectivity index (χ1) is 9.27. The highest BCUT2D eigenvalue weighted by Gasteiger charge is 2.20. The van der Waals surface area contributed by atoms with Crippen molar-refractivity contribution in [2.75, 3.05) is 0 Å². The molecule has 1 N–H and O–H groups in total. The fourth-order valence-corrected chi connectivity index (χ4v) is 2.68. The minimum absolute atomic E-state index is 0.326. The van der Waals surface area contributed by atoms with Crippen LogP contribution in [0.15, 0.2) is 36.7 Å². The van der Waals surface area contributed by atoms with Crippen LogP contribution < -0.4 is 0 Å². The highest BCUT2D eigenvalue weighted by atomic mass is 16.3. The lowest BCUT2D eigenvalue weighted by Crippen LogP contribution is -2.12. The summed E-state index contributed by atoms with van der Waals surface area (Å²) in [6.07, 6.45) is 7.71. The van der Waals surface area contributed by atoms with Gasteiger partial charge in [0.2, 0.25) is 0 Å². The Kier molecular flexibility index (Phi) is 4.92. The molecule has 2 rings (SSSR count). The average molecular weight is 257 g/mol. The number of fused-ring (bicyclic) bond motifs is 1. The van der Waals surface area contributed by atoms with Crippen molar-refractivity contribution in [1.29, 1.82) is 0 Å². The molecule has 2 atom stereocenters. The van der Waals surface area contributed by atoms with Crippen LogP contribution in [0.2, 0.25) is 0 Å². The van der Waals surface area contributed by atoms with Crippen LogP contribution in [0, 0.1) is 5.92 Å². The monoisotopic (exact) mass is 257 g/mol. The number of aliphatic hydroxyl groups is 1. The Morgan fingerprint density at radius 3 is 2.68 bits per heavy atom. The zero-order valence-corrected chi connectivity index (χ0v) is 11.8. The lowest BCUT2D eigenvalue weighted by Gasteiger charge is -2.22. The number of hydrogen-bond donors (Lipinski definition) is 1. The molecule has 1 aromatic heterocycles. The normalized spacial score (nSPS) is 14.5. The standard InChI is InChI=1S/C17H23NO/c1-3-5-8-13(4-2)17(19)16-12-18-11-14-9-6-7-10-15(14)16/h6-7,9-13,17,19H,3-5,8H2,1-2H3. The van der Waals surface area contributed by atoms with Crippen LogP contribution in [-0.4, -0.2) is 10.1 Å². The largest absolute Gasteiger partial charge is 0.388 e. The summed E-state index contributed by atoms with van der Waals surface area (Å²) in [7, 11) is 0. The molecule has 0 fully saturated rings. The summed E-state index contributed by atoms with van der Waals surface area (Å²) in [5.41, 5.74) is 0.973. The van der Waals surface area contributed by atoms with Gasteiger partial charge >= 0.3 is 0 Å². The Morgan fingerprint density at radius 2 is 1.95 bits per heavy atom. The van der Waals surface area contributed by atoms with Crippen LogP contribution in [-0.2, 0) is 0 Å². The molecule has 19 heavy (non-hydrogen) atoms. The molecule has 102 valence electrons. The van der Waals surface area contributed by atoms with E-state index in [4.69, 9.17) is 0 Å². The van der Waals surface area contributed by atoms with Gasteiger partial charge in [0.15, 0.2) is 0 Å². The van der Waals surface area contributed by atoms with Crippen molar-refractivity contribution in [3.63, 3.8) is 0 Å². The van der Waals surface area contributed by atoms with E-state index in [9.17, 15) is 5.11 Å². The third-order valence-electron chi connectivity index (χ3n) is 3.92. The summed E-state index contributed by atoms with van der Waals surface area (Å²) in [5, 5.41) is 12.9. The number of aliphatic hydroxyl groups excluding tert-OH is 1. The predicted octanol–water partition coefficient (Wildman–Crippen LogP) is 4.48. The molecule has 0 aliphatic rings. The second kappa shape index (κ2) is 6.67. The van der Waals surface area contributed by atoms with Crippen molar-refractivity contribution >= 4 is 10.8 Å². The maximum absolute atomic E-state index is 10.7. The number of aromatic nitrogens is 1. The Balaban J connectivity index is 2.31. The average Bonchev–Trinajstić information content (AvgIpc) is 2.47. The number of hydrogen-bond acceptors (Lipinski definition) is 2. The number of unbranched alkanes of at least 4 members (excludes halogenated alkanes) is 1. The lowest BCUT2D eigenvalue weighted by atomic mass is 9.88. The number of rotatable bonds is 6. The highest BCUT2D eigenvalue weighted by molar-refractivity contribution is 5.84. The third kappa shape index (κ3) is 3.13. The first-order valence-corrected chi connectivity index (χ1v) is 7.28. The van der Waals surface area contributed by atoms with Gasteiger partial charge in [-0.1, -0.05) is 57.4 Å². The smallest absolute Gasteiger partial charge is 0.0839 e. The van der Waals surface area contributed by atoms with Crippen molar-refractivity contribution in [3.05, 3.63) is 42.2 Å². The van der Waals surface area contributed by atoms with Crippen LogP contribution in [0.25, 0.3) is 10.8 Å². The van der Waals surface area contributed by atoms with Crippen molar-refractivity contribution in [2.24, 2.45) is 5.92 Å². The summed E-state index contributed by atoms with van der Waals surface area (Å²) >= 11 is 0. The predicted molar refractivity (Wildman–Crippen MR) is 80.0 cm³/mol. The van der Waals surface area contributed by atoms with E-state index in [2.05, 4.69) is 24.9 Å². The quantitative estimate of drug-likeness (QED) is 0.827. The van der Waals surface area contributed by atoms with Crippen molar-refractivity contribution < 1.29 is 5.11 Å². The van der Waals surface area contributed by atoms with Gasteiger partial charge in [0.05, 0.1) is 6.10 Å². The Bertz CT molecular complexity index is 518. The zero-order valence-electron chi connectivity index (χ0n) is 11.8. The summed E-state index contributed by atoms with van der Waals surface area (Å²) < 4.78 is 0. The molecule has 0 saturated heterocycles. The Morgan fingerprint density at radius 1 is 1.16 bits per heavy atom. The SMILES string of the molecule is CCCCC(CC)C(O)c1cncc2ccccc12. The van der Waals surface area contributed by atoms with Gasteiger partial charge in [0.1, 0.15) is 0 Å². The van der Waals surface area contributed by atoms with Gasteiger partial charge in [-0.3, -0.25) is 4.98 Å². The van der Waals surface area contributed by atoms with Gasteiger partial charge < -0.3 is 5.11 Å². The summed E-state index contributed by atoms with van der Waals surface area (Å²) in [5.74, 6) is 0.326. The summed E-state index contributed by atoms with van der Waals surface area (Å²) in [4.78, 5) is 4.27. The molecule has 0 bridgehead atoms. The van der Waals surface area contributed by atoms with E-state index >= 15 is 0 Å². The van der Waals surface area contributed by atoms with Gasteiger partial charge in [0.25, 0.3) is 0 Å². The second-order valence-electron chi connectivity index (χ2n) is 5.21. The van der Waals surface area contributed by atoms with Crippen LogP contribution in [0.3, 0.4) is 0 Å². The lowest BCUT2D eigenvalue weighted by molar-refractivity contribution is 0.0999. The van der Waals surface area contributed by atoms with Gasteiger partial charge in [-0.25, -0.2) is 0 Å². The van der Waals surface area contributed by atoms with Gasteiger partial charge in [0, 0.05) is 23.3 Å². The van der Waals surface area contributed by atoms with Crippen LogP contribution in [0.5, 0.6) is 0 Å². The highest BCUT2D eigenvalue weighted by Crippen LogP contribution is 2.32. The van der Waals surface area contributed by atoms with E-state index < -0.39 is 6.10 Å². The fraction of sp³-hybridized carbons (Fsp3) is 0.471. The molecule has 0 amide bonds. The molecule has 0 saturated carbocycles.